The first-order valence-electron chi connectivity index (χ1n) is 8.15. The molecule has 9 heteroatoms. The first kappa shape index (κ1) is 17.5. The molecule has 0 bridgehead atoms. The van der Waals surface area contributed by atoms with Crippen LogP contribution in [0.3, 0.4) is 0 Å². The normalized spacial score (nSPS) is 11.0. The van der Waals surface area contributed by atoms with Crippen molar-refractivity contribution in [2.75, 3.05) is 5.32 Å². The van der Waals surface area contributed by atoms with E-state index in [1.54, 1.807) is 6.92 Å². The summed E-state index contributed by atoms with van der Waals surface area (Å²) in [5, 5.41) is 14.0. The van der Waals surface area contributed by atoms with Gasteiger partial charge in [-0.3, -0.25) is 19.5 Å². The minimum Gasteiger partial charge on any atom is -0.299 e. The number of amides is 1. The maximum atomic E-state index is 13.0. The van der Waals surface area contributed by atoms with Crippen molar-refractivity contribution in [3.8, 4) is 11.1 Å². The van der Waals surface area contributed by atoms with Crippen LogP contribution >= 0.6 is 22.7 Å². The summed E-state index contributed by atoms with van der Waals surface area (Å²) >= 11 is 2.70. The lowest BCUT2D eigenvalue weighted by atomic mass is 10.1. The Morgan fingerprint density at radius 2 is 1.96 bits per heavy atom. The molecule has 0 spiro atoms. The predicted molar refractivity (Wildman–Crippen MR) is 107 cm³/mol. The van der Waals surface area contributed by atoms with Gasteiger partial charge >= 0.3 is 0 Å². The molecule has 3 aromatic heterocycles. The van der Waals surface area contributed by atoms with Gasteiger partial charge in [0.2, 0.25) is 11.0 Å². The van der Waals surface area contributed by atoms with Gasteiger partial charge in [0, 0.05) is 10.9 Å². The van der Waals surface area contributed by atoms with Gasteiger partial charge in [-0.2, -0.15) is 0 Å². The Morgan fingerprint density at radius 1 is 1.19 bits per heavy atom. The maximum Gasteiger partial charge on any atom is 0.263 e. The largest absolute Gasteiger partial charge is 0.299 e. The van der Waals surface area contributed by atoms with Crippen LogP contribution in [0.4, 0.5) is 5.13 Å². The van der Waals surface area contributed by atoms with Crippen molar-refractivity contribution in [2.24, 2.45) is 0 Å². The number of rotatable bonds is 4. The molecule has 0 aliphatic rings. The zero-order chi connectivity index (χ0) is 19.0. The van der Waals surface area contributed by atoms with E-state index < -0.39 is 0 Å². The van der Waals surface area contributed by atoms with E-state index in [0.29, 0.717) is 15.3 Å². The average Bonchev–Trinajstić information content (AvgIpc) is 3.25. The zero-order valence-corrected chi connectivity index (χ0v) is 16.2. The molecule has 7 nitrogen and oxygen atoms in total. The molecule has 1 amide bonds. The fourth-order valence-electron chi connectivity index (χ4n) is 2.69. The number of fused-ring (bicyclic) bond motifs is 1. The van der Waals surface area contributed by atoms with E-state index in [1.165, 1.54) is 33.6 Å². The Labute approximate surface area is 162 Å². The summed E-state index contributed by atoms with van der Waals surface area (Å²) < 4.78 is 1.32. The molecule has 0 unspecified atom stereocenters. The van der Waals surface area contributed by atoms with E-state index in [1.807, 2.05) is 36.6 Å². The highest BCUT2D eigenvalue weighted by Gasteiger charge is 2.15. The zero-order valence-electron chi connectivity index (χ0n) is 14.6. The maximum absolute atomic E-state index is 13.0. The number of hydrogen-bond donors (Lipinski definition) is 1. The molecule has 0 fully saturated rings. The van der Waals surface area contributed by atoms with Crippen molar-refractivity contribution in [3.05, 3.63) is 56.9 Å². The van der Waals surface area contributed by atoms with E-state index in [-0.39, 0.29) is 18.0 Å². The third kappa shape index (κ3) is 3.51. The molecule has 0 aliphatic carbocycles. The molecule has 4 rings (SSSR count). The van der Waals surface area contributed by atoms with Crippen LogP contribution < -0.4 is 10.9 Å². The Bertz CT molecular complexity index is 1190. The molecule has 0 atom stereocenters. The van der Waals surface area contributed by atoms with Crippen molar-refractivity contribution < 1.29 is 4.79 Å². The molecule has 0 saturated carbocycles. The van der Waals surface area contributed by atoms with Crippen molar-refractivity contribution in [1.29, 1.82) is 0 Å². The standard InChI is InChI=1S/C18H15N5O2S2/c1-10-3-5-12(6-4-10)13-8-26-16-15(13)17(25)23(9-19-16)7-14(24)20-18-22-21-11(2)27-18/h3-6,8-9H,7H2,1-2H3,(H,20,22,24). The van der Waals surface area contributed by atoms with E-state index >= 15 is 0 Å². The molecule has 0 saturated heterocycles. The van der Waals surface area contributed by atoms with Gasteiger partial charge in [-0.05, 0) is 19.4 Å². The highest BCUT2D eigenvalue weighted by atomic mass is 32.1. The van der Waals surface area contributed by atoms with Crippen molar-refractivity contribution in [3.63, 3.8) is 0 Å². The van der Waals surface area contributed by atoms with Crippen LogP contribution in [-0.2, 0) is 11.3 Å². The average molecular weight is 397 g/mol. The number of aryl methyl sites for hydroxylation is 2. The predicted octanol–water partition coefficient (Wildman–Crippen LogP) is 3.23. The van der Waals surface area contributed by atoms with Crippen LogP contribution in [0.5, 0.6) is 0 Å². The van der Waals surface area contributed by atoms with E-state index in [0.717, 1.165) is 21.7 Å². The molecular formula is C18H15N5O2S2. The Hall–Kier alpha value is -2.91. The van der Waals surface area contributed by atoms with E-state index in [2.05, 4.69) is 20.5 Å². The van der Waals surface area contributed by atoms with Gasteiger partial charge in [0.25, 0.3) is 5.56 Å². The van der Waals surface area contributed by atoms with Crippen LogP contribution in [-0.4, -0.2) is 25.7 Å². The lowest BCUT2D eigenvalue weighted by Crippen LogP contribution is -2.27. The summed E-state index contributed by atoms with van der Waals surface area (Å²) in [5.74, 6) is -0.346. The first-order chi connectivity index (χ1) is 13.0. The molecule has 3 heterocycles. The fourth-order valence-corrected chi connectivity index (χ4v) is 4.20. The highest BCUT2D eigenvalue weighted by Crippen LogP contribution is 2.30. The smallest absolute Gasteiger partial charge is 0.263 e. The second-order valence-electron chi connectivity index (χ2n) is 6.05. The third-order valence-electron chi connectivity index (χ3n) is 4.01. The Balaban J connectivity index is 1.67. The molecular weight excluding hydrogens is 382 g/mol. The number of carbonyl (C=O) groups excluding carboxylic acids is 1. The summed E-state index contributed by atoms with van der Waals surface area (Å²) in [6, 6.07) is 7.98. The van der Waals surface area contributed by atoms with Crippen LogP contribution in [0.15, 0.2) is 40.8 Å². The molecule has 1 N–H and O–H groups in total. The molecule has 4 aromatic rings. The van der Waals surface area contributed by atoms with Gasteiger partial charge in [0.05, 0.1) is 11.7 Å². The molecule has 27 heavy (non-hydrogen) atoms. The summed E-state index contributed by atoms with van der Waals surface area (Å²) in [6.07, 6.45) is 1.41. The molecule has 1 aromatic carbocycles. The van der Waals surface area contributed by atoms with Crippen molar-refractivity contribution in [1.82, 2.24) is 19.7 Å². The van der Waals surface area contributed by atoms with Gasteiger partial charge < -0.3 is 0 Å². The quantitative estimate of drug-likeness (QED) is 0.571. The summed E-state index contributed by atoms with van der Waals surface area (Å²) in [7, 11) is 0. The summed E-state index contributed by atoms with van der Waals surface area (Å²) in [5.41, 5.74) is 2.71. The number of hydrogen-bond acceptors (Lipinski definition) is 7. The SMILES string of the molecule is Cc1ccc(-c2csc3ncn(CC(=O)Nc4nnc(C)s4)c(=O)c23)cc1. The van der Waals surface area contributed by atoms with Gasteiger partial charge in [0.15, 0.2) is 0 Å². The first-order valence-corrected chi connectivity index (χ1v) is 9.84. The number of nitrogens with one attached hydrogen (secondary N) is 1. The van der Waals surface area contributed by atoms with Gasteiger partial charge in [0.1, 0.15) is 16.4 Å². The minimum atomic E-state index is -0.346. The lowest BCUT2D eigenvalue weighted by Gasteiger charge is -2.06. The minimum absolute atomic E-state index is 0.135. The van der Waals surface area contributed by atoms with Crippen LogP contribution in [0.25, 0.3) is 21.3 Å². The summed E-state index contributed by atoms with van der Waals surface area (Å²) in [6.45, 7) is 3.69. The third-order valence-corrected chi connectivity index (χ3v) is 5.65. The number of thiophene rings is 1. The summed E-state index contributed by atoms with van der Waals surface area (Å²) in [4.78, 5) is 30.2. The van der Waals surface area contributed by atoms with Crippen LogP contribution in [0.1, 0.15) is 10.6 Å². The second-order valence-corrected chi connectivity index (χ2v) is 8.09. The van der Waals surface area contributed by atoms with Gasteiger partial charge in [-0.15, -0.1) is 21.5 Å². The van der Waals surface area contributed by atoms with Crippen LogP contribution in [0, 0.1) is 13.8 Å². The van der Waals surface area contributed by atoms with Crippen LogP contribution in [0.2, 0.25) is 0 Å². The lowest BCUT2D eigenvalue weighted by molar-refractivity contribution is -0.116. The van der Waals surface area contributed by atoms with Gasteiger partial charge in [-0.1, -0.05) is 41.2 Å². The number of benzene rings is 1. The molecule has 0 aliphatic heterocycles. The van der Waals surface area contributed by atoms with E-state index in [9.17, 15) is 9.59 Å². The van der Waals surface area contributed by atoms with E-state index in [4.69, 9.17) is 0 Å². The van der Waals surface area contributed by atoms with Gasteiger partial charge in [-0.25, -0.2) is 4.98 Å². The molecule has 136 valence electrons. The monoisotopic (exact) mass is 397 g/mol. The highest BCUT2D eigenvalue weighted by molar-refractivity contribution is 7.17. The number of anilines is 1. The Morgan fingerprint density at radius 3 is 2.67 bits per heavy atom. The van der Waals surface area contributed by atoms with Crippen molar-refractivity contribution in [2.45, 2.75) is 20.4 Å². The number of aromatic nitrogens is 4. The second kappa shape index (κ2) is 7.01. The van der Waals surface area contributed by atoms with Crippen molar-refractivity contribution >= 4 is 43.9 Å². The Kier molecular flexibility index (Phi) is 4.54. The number of carbonyl (C=O) groups is 1. The topological polar surface area (TPSA) is 89.8 Å². The molecule has 0 radical (unpaired) electrons. The fraction of sp³-hybridized carbons (Fsp3) is 0.167. The number of nitrogens with zero attached hydrogens (tertiary/aromatic N) is 4.